The van der Waals surface area contributed by atoms with Crippen molar-refractivity contribution in [1.82, 2.24) is 0 Å². The molecule has 2 nitrogen and oxygen atoms in total. The van der Waals surface area contributed by atoms with Crippen LogP contribution >= 0.6 is 0 Å². The molecule has 1 atom stereocenters. The molecule has 0 spiro atoms. The minimum absolute atomic E-state index is 0.475. The molecule has 0 saturated heterocycles. The third kappa shape index (κ3) is 13.0. The maximum Gasteiger partial charge on any atom is 0.490 e. The summed E-state index contributed by atoms with van der Waals surface area (Å²) in [5, 5.41) is 0. The van der Waals surface area contributed by atoms with Crippen molar-refractivity contribution < 1.29 is 22.7 Å². The highest BCUT2D eigenvalue weighted by atomic mass is 19.4. The van der Waals surface area contributed by atoms with E-state index in [4.69, 9.17) is 0 Å². The highest BCUT2D eigenvalue weighted by Crippen LogP contribution is 2.21. The number of esters is 1. The minimum atomic E-state index is -4.90. The smallest absolute Gasteiger partial charge is 0.456 e. The van der Waals surface area contributed by atoms with E-state index < -0.39 is 18.2 Å². The van der Waals surface area contributed by atoms with Crippen LogP contribution in [0.4, 0.5) is 13.2 Å². The van der Waals surface area contributed by atoms with Crippen LogP contribution in [-0.2, 0) is 9.53 Å². The fourth-order valence-electron chi connectivity index (χ4n) is 2.20. The van der Waals surface area contributed by atoms with Crippen molar-refractivity contribution in [2.75, 3.05) is 0 Å². The number of unbranched alkanes of at least 4 members (excludes halogenated alkanes) is 4. The third-order valence-corrected chi connectivity index (χ3v) is 3.42. The van der Waals surface area contributed by atoms with Gasteiger partial charge in [0, 0.05) is 0 Å². The highest BCUT2D eigenvalue weighted by Gasteiger charge is 2.42. The summed E-state index contributed by atoms with van der Waals surface area (Å²) in [5.41, 5.74) is 0. The minimum Gasteiger partial charge on any atom is -0.456 e. The molecule has 138 valence electrons. The van der Waals surface area contributed by atoms with Crippen LogP contribution in [-0.4, -0.2) is 18.2 Å². The summed E-state index contributed by atoms with van der Waals surface area (Å²) in [5.74, 6) is -2.07. The average molecular weight is 346 g/mol. The molecule has 0 fully saturated rings. The molecule has 0 rings (SSSR count). The van der Waals surface area contributed by atoms with Crippen molar-refractivity contribution in [1.29, 1.82) is 0 Å². The molecule has 0 bridgehead atoms. The van der Waals surface area contributed by atoms with Crippen LogP contribution in [0.2, 0.25) is 0 Å². The van der Waals surface area contributed by atoms with Crippen LogP contribution in [0.3, 0.4) is 0 Å². The fourth-order valence-corrected chi connectivity index (χ4v) is 2.20. The lowest BCUT2D eigenvalue weighted by Crippen LogP contribution is -2.30. The molecule has 5 heteroatoms. The number of carbonyl (C=O) groups excluding carboxylic acids is 1. The first-order valence-corrected chi connectivity index (χ1v) is 8.64. The van der Waals surface area contributed by atoms with Gasteiger partial charge < -0.3 is 4.74 Å². The summed E-state index contributed by atoms with van der Waals surface area (Å²) >= 11 is 0. The number of rotatable bonds is 12. The molecule has 0 saturated carbocycles. The SMILES string of the molecule is CC=CC=CC=CCCCCCCC(CCC)OC(=O)C(F)(F)F. The molecule has 24 heavy (non-hydrogen) atoms. The molecule has 1 unspecified atom stereocenters. The molecule has 0 heterocycles. The molecule has 0 radical (unpaired) electrons. The van der Waals surface area contributed by atoms with Gasteiger partial charge in [-0.3, -0.25) is 0 Å². The molecule has 0 aromatic heterocycles. The van der Waals surface area contributed by atoms with Gasteiger partial charge >= 0.3 is 12.1 Å². The van der Waals surface area contributed by atoms with Crippen LogP contribution < -0.4 is 0 Å². The first kappa shape index (κ1) is 22.5. The summed E-state index contributed by atoms with van der Waals surface area (Å²) in [4.78, 5) is 10.9. The Bertz CT molecular complexity index is 409. The normalized spacial score (nSPS) is 14.0. The predicted molar refractivity (Wildman–Crippen MR) is 91.6 cm³/mol. The van der Waals surface area contributed by atoms with Gasteiger partial charge in [0.1, 0.15) is 6.10 Å². The second-order valence-corrected chi connectivity index (χ2v) is 5.64. The first-order valence-electron chi connectivity index (χ1n) is 8.64. The van der Waals surface area contributed by atoms with Gasteiger partial charge in [-0.2, -0.15) is 13.2 Å². The summed E-state index contributed by atoms with van der Waals surface area (Å²) < 4.78 is 41.2. The zero-order valence-corrected chi connectivity index (χ0v) is 14.6. The van der Waals surface area contributed by atoms with E-state index in [0.717, 1.165) is 32.1 Å². The van der Waals surface area contributed by atoms with E-state index in [1.165, 1.54) is 0 Å². The van der Waals surface area contributed by atoms with Crippen molar-refractivity contribution in [2.24, 2.45) is 0 Å². The predicted octanol–water partition coefficient (Wildman–Crippen LogP) is 6.29. The molecular weight excluding hydrogens is 317 g/mol. The van der Waals surface area contributed by atoms with Gasteiger partial charge in [-0.15, -0.1) is 0 Å². The number of ether oxygens (including phenoxy) is 1. The van der Waals surface area contributed by atoms with E-state index >= 15 is 0 Å². The van der Waals surface area contributed by atoms with Crippen LogP contribution in [0.15, 0.2) is 36.5 Å². The Hall–Kier alpha value is -1.52. The van der Waals surface area contributed by atoms with E-state index in [0.29, 0.717) is 19.3 Å². The van der Waals surface area contributed by atoms with Crippen molar-refractivity contribution in [3.8, 4) is 0 Å². The first-order chi connectivity index (χ1) is 11.4. The van der Waals surface area contributed by atoms with E-state index in [1.807, 2.05) is 44.2 Å². The van der Waals surface area contributed by atoms with E-state index in [9.17, 15) is 18.0 Å². The lowest BCUT2D eigenvalue weighted by molar-refractivity contribution is -0.205. The highest BCUT2D eigenvalue weighted by molar-refractivity contribution is 5.75. The van der Waals surface area contributed by atoms with Gasteiger partial charge in [0.05, 0.1) is 0 Å². The van der Waals surface area contributed by atoms with Crippen LogP contribution in [0.1, 0.15) is 65.2 Å². The number of allylic oxidation sites excluding steroid dienone is 6. The molecule has 0 aliphatic heterocycles. The van der Waals surface area contributed by atoms with E-state index in [1.54, 1.807) is 0 Å². The summed E-state index contributed by atoms with van der Waals surface area (Å²) in [6, 6.07) is 0. The maximum absolute atomic E-state index is 12.2. The zero-order chi connectivity index (χ0) is 18.3. The van der Waals surface area contributed by atoms with Gasteiger partial charge in [-0.05, 0) is 39.0 Å². The number of alkyl halides is 3. The van der Waals surface area contributed by atoms with Crippen molar-refractivity contribution in [3.05, 3.63) is 36.5 Å². The molecule has 0 aliphatic carbocycles. The molecule has 0 aliphatic rings. The summed E-state index contributed by atoms with van der Waals surface area (Å²) in [6.07, 6.45) is 12.9. The average Bonchev–Trinajstić information content (AvgIpc) is 2.51. The Balaban J connectivity index is 3.83. The zero-order valence-electron chi connectivity index (χ0n) is 14.6. The largest absolute Gasteiger partial charge is 0.490 e. The lowest BCUT2D eigenvalue weighted by atomic mass is 10.0. The monoisotopic (exact) mass is 346 g/mol. The number of hydrogen-bond donors (Lipinski definition) is 0. The maximum atomic E-state index is 12.2. The standard InChI is InChI=1S/C19H29F3O2/c1-3-5-6-7-8-9-10-11-12-13-14-16-17(15-4-2)24-18(23)19(20,21)22/h3,5-9,17H,4,10-16H2,1-2H3. The topological polar surface area (TPSA) is 26.3 Å². The Morgan fingerprint density at radius 1 is 1.00 bits per heavy atom. The van der Waals surface area contributed by atoms with E-state index in [-0.39, 0.29) is 0 Å². The third-order valence-electron chi connectivity index (χ3n) is 3.42. The van der Waals surface area contributed by atoms with Crippen molar-refractivity contribution in [2.45, 2.75) is 77.5 Å². The quantitative estimate of drug-likeness (QED) is 0.236. The Kier molecular flexibility index (Phi) is 13.0. The number of halogens is 3. The van der Waals surface area contributed by atoms with Gasteiger partial charge in [-0.25, -0.2) is 4.79 Å². The molecule has 0 N–H and O–H groups in total. The second kappa shape index (κ2) is 13.9. The van der Waals surface area contributed by atoms with Gasteiger partial charge in [-0.1, -0.05) is 62.6 Å². The summed E-state index contributed by atoms with van der Waals surface area (Å²) in [7, 11) is 0. The molecule has 0 aromatic carbocycles. The van der Waals surface area contributed by atoms with E-state index in [2.05, 4.69) is 10.8 Å². The Morgan fingerprint density at radius 3 is 2.29 bits per heavy atom. The molecule has 0 amide bonds. The molecule has 0 aromatic rings. The number of hydrogen-bond acceptors (Lipinski definition) is 2. The van der Waals surface area contributed by atoms with Gasteiger partial charge in [0.2, 0.25) is 0 Å². The summed E-state index contributed by atoms with van der Waals surface area (Å²) in [6.45, 7) is 3.83. The van der Waals surface area contributed by atoms with Crippen molar-refractivity contribution >= 4 is 5.97 Å². The Morgan fingerprint density at radius 2 is 1.67 bits per heavy atom. The number of carbonyl (C=O) groups is 1. The second-order valence-electron chi connectivity index (χ2n) is 5.64. The van der Waals surface area contributed by atoms with Crippen LogP contribution in [0.25, 0.3) is 0 Å². The fraction of sp³-hybridized carbons (Fsp3) is 0.632. The molecular formula is C19H29F3O2. The van der Waals surface area contributed by atoms with Gasteiger partial charge in [0.25, 0.3) is 0 Å². The Labute approximate surface area is 143 Å². The van der Waals surface area contributed by atoms with Crippen LogP contribution in [0.5, 0.6) is 0 Å². The van der Waals surface area contributed by atoms with Gasteiger partial charge in [0.15, 0.2) is 0 Å². The van der Waals surface area contributed by atoms with Crippen molar-refractivity contribution in [3.63, 3.8) is 0 Å². The van der Waals surface area contributed by atoms with Crippen LogP contribution in [0, 0.1) is 0 Å². The lowest BCUT2D eigenvalue weighted by Gasteiger charge is -2.18.